The number of esters is 1. The van der Waals surface area contributed by atoms with Gasteiger partial charge in [-0.25, -0.2) is 9.59 Å². The van der Waals surface area contributed by atoms with Crippen LogP contribution in [0.2, 0.25) is 0 Å². The lowest BCUT2D eigenvalue weighted by molar-refractivity contribution is -0.138. The van der Waals surface area contributed by atoms with Crippen LogP contribution in [0.5, 0.6) is 0 Å². The van der Waals surface area contributed by atoms with Crippen LogP contribution in [-0.2, 0) is 16.1 Å². The Hall–Kier alpha value is -3.45. The van der Waals surface area contributed by atoms with Gasteiger partial charge in [-0.3, -0.25) is 14.3 Å². The zero-order valence-electron chi connectivity index (χ0n) is 18.4. The molecule has 3 aromatic rings. The smallest absolute Gasteiger partial charge is 0.335 e. The second-order valence-electron chi connectivity index (χ2n) is 7.95. The molecule has 1 aromatic heterocycles. The maximum absolute atomic E-state index is 12.8. The Balaban J connectivity index is 1.59. The lowest BCUT2D eigenvalue weighted by atomic mass is 9.90. The third-order valence-corrected chi connectivity index (χ3v) is 5.95. The van der Waals surface area contributed by atoms with E-state index in [1.807, 2.05) is 31.2 Å². The number of carbonyl (C=O) groups excluding carboxylic acids is 1. The minimum Gasteiger partial charge on any atom is -0.463 e. The molecule has 0 fully saturated rings. The van der Waals surface area contributed by atoms with E-state index >= 15 is 0 Å². The van der Waals surface area contributed by atoms with E-state index in [9.17, 15) is 14.4 Å². The summed E-state index contributed by atoms with van der Waals surface area (Å²) in [6.45, 7) is 6.02. The number of H-pyrrole nitrogens is 1. The first-order valence-electron chi connectivity index (χ1n) is 10.9. The number of aryl methyl sites for hydroxylation is 1. The van der Waals surface area contributed by atoms with Crippen molar-refractivity contribution in [3.63, 3.8) is 0 Å². The van der Waals surface area contributed by atoms with Crippen LogP contribution < -0.4 is 11.2 Å². The van der Waals surface area contributed by atoms with Crippen LogP contribution in [0.3, 0.4) is 0 Å². The Labute approximate surface area is 185 Å². The number of benzene rings is 2. The van der Waals surface area contributed by atoms with Crippen LogP contribution in [-0.4, -0.2) is 46.7 Å². The Kier molecular flexibility index (Phi) is 6.37. The summed E-state index contributed by atoms with van der Waals surface area (Å²) in [5.41, 5.74) is 3.65. The van der Waals surface area contributed by atoms with Crippen molar-refractivity contribution in [2.75, 3.05) is 26.2 Å². The molecule has 4 rings (SSSR count). The van der Waals surface area contributed by atoms with Crippen molar-refractivity contribution < 1.29 is 9.53 Å². The Bertz CT molecular complexity index is 1300. The number of para-hydroxylation sites is 1. The van der Waals surface area contributed by atoms with Crippen LogP contribution in [0.25, 0.3) is 16.5 Å². The van der Waals surface area contributed by atoms with E-state index in [0.717, 1.165) is 23.2 Å². The minimum atomic E-state index is -0.424. The summed E-state index contributed by atoms with van der Waals surface area (Å²) in [5.74, 6) is -0.309. The molecule has 7 heteroatoms. The first kappa shape index (κ1) is 21.8. The largest absolute Gasteiger partial charge is 0.463 e. The maximum atomic E-state index is 12.8. The molecule has 1 aliphatic rings. The average Bonchev–Trinajstić information content (AvgIpc) is 2.79. The Morgan fingerprint density at radius 1 is 1.06 bits per heavy atom. The standard InChI is InChI=1S/C25H27N3O4/c1-3-32-24(30)21-16-27(13-12-19(21)18-9-5-4-8-17(18)2)14-15-28-23(29)20-10-6-7-11-22(20)26-25(28)31/h4-11H,3,12-16H2,1-2H3,(H,26,31). The van der Waals surface area contributed by atoms with Crippen molar-refractivity contribution in [3.05, 3.63) is 86.1 Å². The van der Waals surface area contributed by atoms with Crippen molar-refractivity contribution >= 4 is 22.4 Å². The summed E-state index contributed by atoms with van der Waals surface area (Å²) in [5, 5.41) is 0.486. The summed E-state index contributed by atoms with van der Waals surface area (Å²) in [4.78, 5) is 42.9. The molecule has 0 saturated carbocycles. The molecule has 0 aliphatic carbocycles. The topological polar surface area (TPSA) is 84.4 Å². The SMILES string of the molecule is CCOC(=O)C1=C(c2ccccc2C)CCN(CCn2c(=O)[nH]c3ccccc3c2=O)C1. The molecular formula is C25H27N3O4. The number of hydrogen-bond acceptors (Lipinski definition) is 5. The van der Waals surface area contributed by atoms with E-state index in [-0.39, 0.29) is 18.1 Å². The number of fused-ring (bicyclic) bond motifs is 1. The molecular weight excluding hydrogens is 406 g/mol. The van der Waals surface area contributed by atoms with Gasteiger partial charge in [0.1, 0.15) is 0 Å². The van der Waals surface area contributed by atoms with Gasteiger partial charge >= 0.3 is 11.7 Å². The molecule has 0 spiro atoms. The first-order chi connectivity index (χ1) is 15.5. The fourth-order valence-electron chi connectivity index (χ4n) is 4.27. The van der Waals surface area contributed by atoms with Gasteiger partial charge in [-0.15, -0.1) is 0 Å². The van der Waals surface area contributed by atoms with Crippen LogP contribution in [0.4, 0.5) is 0 Å². The number of rotatable bonds is 6. The van der Waals surface area contributed by atoms with E-state index in [1.54, 1.807) is 31.2 Å². The highest BCUT2D eigenvalue weighted by Crippen LogP contribution is 2.30. The van der Waals surface area contributed by atoms with Crippen LogP contribution in [0.15, 0.2) is 63.7 Å². The van der Waals surface area contributed by atoms with Gasteiger partial charge in [0.05, 0.1) is 23.1 Å². The number of aromatic amines is 1. The third kappa shape index (κ3) is 4.29. The summed E-state index contributed by atoms with van der Waals surface area (Å²) in [7, 11) is 0. The molecule has 166 valence electrons. The summed E-state index contributed by atoms with van der Waals surface area (Å²) < 4.78 is 6.57. The summed E-state index contributed by atoms with van der Waals surface area (Å²) in [6, 6.07) is 15.0. The highest BCUT2D eigenvalue weighted by molar-refractivity contribution is 5.99. The number of nitrogens with zero attached hydrogens (tertiary/aromatic N) is 2. The second-order valence-corrected chi connectivity index (χ2v) is 7.95. The van der Waals surface area contributed by atoms with Gasteiger partial charge in [-0.2, -0.15) is 0 Å². The molecule has 0 bridgehead atoms. The average molecular weight is 434 g/mol. The Morgan fingerprint density at radius 2 is 1.81 bits per heavy atom. The number of carbonyl (C=O) groups is 1. The van der Waals surface area contributed by atoms with E-state index < -0.39 is 5.69 Å². The fourth-order valence-corrected chi connectivity index (χ4v) is 4.27. The number of ether oxygens (including phenoxy) is 1. The lowest BCUT2D eigenvalue weighted by Crippen LogP contribution is -2.41. The second kappa shape index (κ2) is 9.36. The van der Waals surface area contributed by atoms with Gasteiger partial charge in [0, 0.05) is 26.2 Å². The monoisotopic (exact) mass is 433 g/mol. The van der Waals surface area contributed by atoms with Crippen molar-refractivity contribution in [1.29, 1.82) is 0 Å². The van der Waals surface area contributed by atoms with E-state index in [4.69, 9.17) is 4.74 Å². The summed E-state index contributed by atoms with van der Waals surface area (Å²) in [6.07, 6.45) is 0.696. The van der Waals surface area contributed by atoms with Gasteiger partial charge < -0.3 is 9.72 Å². The molecule has 0 radical (unpaired) electrons. The zero-order chi connectivity index (χ0) is 22.7. The zero-order valence-corrected chi connectivity index (χ0v) is 18.4. The summed E-state index contributed by atoms with van der Waals surface area (Å²) >= 11 is 0. The molecule has 0 atom stereocenters. The molecule has 0 saturated heterocycles. The van der Waals surface area contributed by atoms with Crippen molar-refractivity contribution in [3.8, 4) is 0 Å². The van der Waals surface area contributed by atoms with Crippen LogP contribution >= 0.6 is 0 Å². The lowest BCUT2D eigenvalue weighted by Gasteiger charge is -2.30. The van der Waals surface area contributed by atoms with Crippen LogP contribution in [0.1, 0.15) is 24.5 Å². The Morgan fingerprint density at radius 3 is 2.59 bits per heavy atom. The predicted octanol–water partition coefficient (Wildman–Crippen LogP) is 2.72. The van der Waals surface area contributed by atoms with Gasteiger partial charge in [-0.1, -0.05) is 36.4 Å². The molecule has 2 aromatic carbocycles. The molecule has 1 aliphatic heterocycles. The van der Waals surface area contributed by atoms with E-state index in [2.05, 4.69) is 9.88 Å². The van der Waals surface area contributed by atoms with Gasteiger partial charge in [0.2, 0.25) is 0 Å². The van der Waals surface area contributed by atoms with E-state index in [1.165, 1.54) is 4.57 Å². The van der Waals surface area contributed by atoms with Gasteiger partial charge in [0.15, 0.2) is 0 Å². The van der Waals surface area contributed by atoms with E-state index in [0.29, 0.717) is 42.6 Å². The molecule has 7 nitrogen and oxygen atoms in total. The first-order valence-corrected chi connectivity index (χ1v) is 10.9. The minimum absolute atomic E-state index is 0.245. The highest BCUT2D eigenvalue weighted by atomic mass is 16.5. The molecule has 2 heterocycles. The van der Waals surface area contributed by atoms with Gasteiger partial charge in [-0.05, 0) is 49.1 Å². The van der Waals surface area contributed by atoms with Crippen molar-refractivity contribution in [1.82, 2.24) is 14.5 Å². The quantitative estimate of drug-likeness (QED) is 0.605. The maximum Gasteiger partial charge on any atom is 0.335 e. The molecule has 0 unspecified atom stereocenters. The van der Waals surface area contributed by atoms with Crippen molar-refractivity contribution in [2.24, 2.45) is 0 Å². The number of hydrogen-bond donors (Lipinski definition) is 1. The number of nitrogens with one attached hydrogen (secondary N) is 1. The van der Waals surface area contributed by atoms with Crippen LogP contribution in [0, 0.1) is 6.92 Å². The number of aromatic nitrogens is 2. The predicted molar refractivity (Wildman–Crippen MR) is 125 cm³/mol. The highest BCUT2D eigenvalue weighted by Gasteiger charge is 2.26. The normalized spacial score (nSPS) is 14.7. The molecule has 0 amide bonds. The third-order valence-electron chi connectivity index (χ3n) is 5.95. The fraction of sp³-hybridized carbons (Fsp3) is 0.320. The van der Waals surface area contributed by atoms with Gasteiger partial charge in [0.25, 0.3) is 5.56 Å². The molecule has 1 N–H and O–H groups in total. The van der Waals surface area contributed by atoms with Crippen molar-refractivity contribution in [2.45, 2.75) is 26.8 Å². The molecule has 32 heavy (non-hydrogen) atoms.